The second-order valence-corrected chi connectivity index (χ2v) is 10.4. The molecular weight excluding hydrogens is 423 g/mol. The topological polar surface area (TPSA) is 110 Å². The van der Waals surface area contributed by atoms with Gasteiger partial charge in [0.2, 0.25) is 15.8 Å². The van der Waals surface area contributed by atoms with Gasteiger partial charge >= 0.3 is 0 Å². The van der Waals surface area contributed by atoms with Crippen molar-refractivity contribution in [1.82, 2.24) is 4.98 Å². The monoisotopic (exact) mass is 434 g/mol. The number of Topliss-reactive ketones (excluding diaryl/α,β-unsaturated/α-hetero) is 1. The Morgan fingerprint density at radius 3 is 2.58 bits per heavy atom. The molecule has 11 heteroatoms. The number of benzene rings is 1. The number of nitrogens with one attached hydrogen (secondary N) is 1. The van der Waals surface area contributed by atoms with E-state index in [1.54, 1.807) is 6.07 Å². The van der Waals surface area contributed by atoms with Gasteiger partial charge in [-0.1, -0.05) is 35.3 Å². The molecule has 0 amide bonds. The van der Waals surface area contributed by atoms with Crippen molar-refractivity contribution in [1.29, 1.82) is 0 Å². The Morgan fingerprint density at radius 1 is 1.23 bits per heavy atom. The Balaban J connectivity index is 2.21. The number of sulfone groups is 1. The fourth-order valence-corrected chi connectivity index (χ4v) is 5.94. The first kappa shape index (κ1) is 19.1. The lowest BCUT2D eigenvalue weighted by Gasteiger charge is -2.24. The molecule has 1 aliphatic heterocycles. The number of halogens is 2. The molecule has 0 fully saturated rings. The summed E-state index contributed by atoms with van der Waals surface area (Å²) < 4.78 is 50.6. The number of carbonyl (C=O) groups is 1. The first-order valence-corrected chi connectivity index (χ1v) is 11.5. The van der Waals surface area contributed by atoms with E-state index in [4.69, 9.17) is 23.2 Å². The van der Waals surface area contributed by atoms with Gasteiger partial charge in [0.25, 0.3) is 0 Å². The zero-order valence-electron chi connectivity index (χ0n) is 13.2. The molecule has 2 heterocycles. The van der Waals surface area contributed by atoms with E-state index in [9.17, 15) is 21.6 Å². The van der Waals surface area contributed by atoms with Crippen LogP contribution in [-0.4, -0.2) is 33.9 Å². The Bertz CT molecular complexity index is 1130. The van der Waals surface area contributed by atoms with Crippen LogP contribution in [0.5, 0.6) is 0 Å². The zero-order chi connectivity index (χ0) is 19.3. The summed E-state index contributed by atoms with van der Waals surface area (Å²) in [6, 6.07) is 5.65. The van der Waals surface area contributed by atoms with Crippen molar-refractivity contribution < 1.29 is 21.6 Å². The van der Waals surface area contributed by atoms with E-state index in [2.05, 4.69) is 9.71 Å². The number of carbonyl (C=O) groups excluding carboxylic acids is 1. The van der Waals surface area contributed by atoms with Gasteiger partial charge < -0.3 is 0 Å². The highest BCUT2D eigenvalue weighted by atomic mass is 35.5. The van der Waals surface area contributed by atoms with Gasteiger partial charge in [0.05, 0.1) is 27.7 Å². The van der Waals surface area contributed by atoms with Crippen LogP contribution in [0.4, 0.5) is 5.69 Å². The van der Waals surface area contributed by atoms with Crippen LogP contribution in [0, 0.1) is 0 Å². The average molecular weight is 435 g/mol. The number of hydrogen-bond donors (Lipinski definition) is 1. The van der Waals surface area contributed by atoms with Crippen molar-refractivity contribution in [2.24, 2.45) is 0 Å². The number of hydrogen-bond acceptors (Lipinski definition) is 6. The summed E-state index contributed by atoms with van der Waals surface area (Å²) in [6.45, 7) is 0. The number of ketones is 1. The van der Waals surface area contributed by atoms with Crippen molar-refractivity contribution in [2.75, 3.05) is 11.0 Å². The van der Waals surface area contributed by atoms with Crippen LogP contribution in [0.3, 0.4) is 0 Å². The molecule has 138 valence electrons. The molecule has 0 radical (unpaired) electrons. The first-order chi connectivity index (χ1) is 12.0. The van der Waals surface area contributed by atoms with Gasteiger partial charge in [0.15, 0.2) is 15.1 Å². The van der Waals surface area contributed by atoms with E-state index in [0.717, 1.165) is 6.26 Å². The molecule has 26 heavy (non-hydrogen) atoms. The summed E-state index contributed by atoms with van der Waals surface area (Å²) in [5.74, 6) is -1.10. The molecule has 1 aromatic heterocycles. The van der Waals surface area contributed by atoms with Gasteiger partial charge in [-0.25, -0.2) is 16.8 Å². The van der Waals surface area contributed by atoms with Gasteiger partial charge in [-0.05, 0) is 23.3 Å². The molecule has 3 rings (SSSR count). The third-order valence-corrected chi connectivity index (χ3v) is 6.97. The molecule has 0 aliphatic carbocycles. The molecule has 0 saturated carbocycles. The lowest BCUT2D eigenvalue weighted by atomic mass is 10.0. The first-order valence-electron chi connectivity index (χ1n) is 7.16. The highest BCUT2D eigenvalue weighted by Gasteiger charge is 2.42. The molecule has 7 nitrogen and oxygen atoms in total. The summed E-state index contributed by atoms with van der Waals surface area (Å²) in [7, 11) is -7.66. The predicted molar refractivity (Wildman–Crippen MR) is 98.9 cm³/mol. The highest BCUT2D eigenvalue weighted by Crippen LogP contribution is 2.42. The average Bonchev–Trinajstić information content (AvgIpc) is 2.52. The third kappa shape index (κ3) is 3.44. The molecule has 1 aliphatic rings. The Hall–Kier alpha value is -1.68. The van der Waals surface area contributed by atoms with E-state index in [1.165, 1.54) is 24.4 Å². The zero-order valence-corrected chi connectivity index (χ0v) is 16.4. The third-order valence-electron chi connectivity index (χ3n) is 3.77. The molecule has 0 saturated heterocycles. The standard InChI is InChI=1S/C15H12Cl2N2O5S2/c1-25(21,22)19-13-10(16)5-4-9(11(13)17)15-14(20)12-8(3-2-6-18-12)7-26(15,23)24/h2-6,15,19H,7H2,1H3. The largest absolute Gasteiger partial charge is 0.291 e. The summed E-state index contributed by atoms with van der Waals surface area (Å²) in [5.41, 5.74) is 0.135. The van der Waals surface area contributed by atoms with Crippen LogP contribution >= 0.6 is 23.2 Å². The van der Waals surface area contributed by atoms with E-state index < -0.39 is 30.9 Å². The molecular formula is C15H12Cl2N2O5S2. The van der Waals surface area contributed by atoms with Gasteiger partial charge in [-0.3, -0.25) is 14.5 Å². The van der Waals surface area contributed by atoms with Crippen LogP contribution < -0.4 is 4.72 Å². The van der Waals surface area contributed by atoms with Crippen LogP contribution in [0.1, 0.15) is 26.9 Å². The molecule has 0 bridgehead atoms. The van der Waals surface area contributed by atoms with Gasteiger partial charge in [0.1, 0.15) is 5.69 Å². The van der Waals surface area contributed by atoms with E-state index in [1.807, 2.05) is 0 Å². The van der Waals surface area contributed by atoms with Crippen LogP contribution in [0.2, 0.25) is 10.0 Å². The van der Waals surface area contributed by atoms with Crippen LogP contribution in [0.25, 0.3) is 0 Å². The van der Waals surface area contributed by atoms with Crippen molar-refractivity contribution >= 4 is 54.5 Å². The maximum atomic E-state index is 12.8. The predicted octanol–water partition coefficient (Wildman–Crippen LogP) is 2.61. The quantitative estimate of drug-likeness (QED) is 0.794. The summed E-state index contributed by atoms with van der Waals surface area (Å²) in [6.07, 6.45) is 2.29. The fraction of sp³-hybridized carbons (Fsp3) is 0.200. The SMILES string of the molecule is CS(=O)(=O)Nc1c(Cl)ccc(C2C(=O)c3ncccc3CS2(=O)=O)c1Cl. The van der Waals surface area contributed by atoms with Crippen molar-refractivity contribution in [3.05, 3.63) is 57.3 Å². The van der Waals surface area contributed by atoms with Crippen molar-refractivity contribution in [3.63, 3.8) is 0 Å². The molecule has 1 atom stereocenters. The van der Waals surface area contributed by atoms with Crippen molar-refractivity contribution in [2.45, 2.75) is 11.0 Å². The van der Waals surface area contributed by atoms with Crippen molar-refractivity contribution in [3.8, 4) is 0 Å². The minimum Gasteiger partial charge on any atom is -0.291 e. The minimum atomic E-state index is -3.93. The smallest absolute Gasteiger partial charge is 0.229 e. The van der Waals surface area contributed by atoms with Crippen LogP contribution in [0.15, 0.2) is 30.5 Å². The number of nitrogens with zero attached hydrogens (tertiary/aromatic N) is 1. The molecule has 0 spiro atoms. The van der Waals surface area contributed by atoms with E-state index in [0.29, 0.717) is 5.56 Å². The number of pyridine rings is 1. The van der Waals surface area contributed by atoms with Gasteiger partial charge in [-0.15, -0.1) is 0 Å². The normalized spacial score (nSPS) is 19.0. The number of fused-ring (bicyclic) bond motifs is 1. The lowest BCUT2D eigenvalue weighted by Crippen LogP contribution is -2.31. The molecule has 1 unspecified atom stereocenters. The Labute approximate surface area is 160 Å². The number of rotatable bonds is 3. The maximum absolute atomic E-state index is 12.8. The summed E-state index contributed by atoms with van der Waals surface area (Å²) in [4.78, 5) is 16.8. The van der Waals surface area contributed by atoms with E-state index in [-0.39, 0.29) is 32.7 Å². The lowest BCUT2D eigenvalue weighted by molar-refractivity contribution is 0.0979. The van der Waals surface area contributed by atoms with E-state index >= 15 is 0 Å². The summed E-state index contributed by atoms with van der Waals surface area (Å²) >= 11 is 12.2. The molecule has 2 aromatic rings. The summed E-state index contributed by atoms with van der Waals surface area (Å²) in [5, 5.41) is -1.86. The number of anilines is 1. The second kappa shape index (κ2) is 6.49. The minimum absolute atomic E-state index is 0.0247. The van der Waals surface area contributed by atoms with Gasteiger partial charge in [-0.2, -0.15) is 0 Å². The molecule has 1 aromatic carbocycles. The number of aromatic nitrogens is 1. The second-order valence-electron chi connectivity index (χ2n) is 5.76. The highest BCUT2D eigenvalue weighted by molar-refractivity contribution is 7.92. The Morgan fingerprint density at radius 2 is 1.92 bits per heavy atom. The number of sulfonamides is 1. The van der Waals surface area contributed by atoms with Gasteiger partial charge in [0, 0.05) is 6.20 Å². The maximum Gasteiger partial charge on any atom is 0.229 e. The molecule has 1 N–H and O–H groups in total. The fourth-order valence-electron chi connectivity index (χ4n) is 2.75. The van der Waals surface area contributed by atoms with Crippen LogP contribution in [-0.2, 0) is 25.6 Å². The Kier molecular flexibility index (Phi) is 4.76.